The third-order valence-electron chi connectivity index (χ3n) is 7.00. The van der Waals surface area contributed by atoms with Gasteiger partial charge in [-0.15, -0.1) is 11.8 Å². The lowest BCUT2D eigenvalue weighted by molar-refractivity contribution is -0.208. The van der Waals surface area contributed by atoms with Gasteiger partial charge in [0.15, 0.2) is 0 Å². The topological polar surface area (TPSA) is 120 Å². The first-order valence-corrected chi connectivity index (χ1v) is 13.4. The number of amides is 1. The van der Waals surface area contributed by atoms with Gasteiger partial charge in [-0.2, -0.15) is 0 Å². The Labute approximate surface area is 196 Å². The highest BCUT2D eigenvalue weighted by atomic mass is 32.2. The Bertz CT molecular complexity index is 591. The van der Waals surface area contributed by atoms with Crippen molar-refractivity contribution in [1.29, 1.82) is 0 Å². The maximum absolute atomic E-state index is 13.1. The normalized spacial score (nSPS) is 36.8. The van der Waals surface area contributed by atoms with Crippen molar-refractivity contribution in [2.24, 2.45) is 17.8 Å². The third kappa shape index (κ3) is 7.04. The average molecular weight is 475 g/mol. The van der Waals surface area contributed by atoms with Crippen LogP contribution in [0.1, 0.15) is 52.4 Å². The monoisotopic (exact) mass is 474 g/mol. The highest BCUT2D eigenvalue weighted by Crippen LogP contribution is 2.31. The summed E-state index contributed by atoms with van der Waals surface area (Å²) in [6.45, 7) is 6.40. The number of ether oxygens (including phenoxy) is 2. The fourth-order valence-electron chi connectivity index (χ4n) is 4.73. The van der Waals surface area contributed by atoms with Crippen molar-refractivity contribution in [3.8, 4) is 0 Å². The van der Waals surface area contributed by atoms with E-state index in [1.165, 1.54) is 24.6 Å². The molecule has 0 aromatic heterocycles. The molecule has 1 amide bonds. The first-order chi connectivity index (χ1) is 15.3. The quantitative estimate of drug-likeness (QED) is 0.280. The van der Waals surface area contributed by atoms with Gasteiger partial charge in [-0.1, -0.05) is 13.8 Å². The van der Waals surface area contributed by atoms with Crippen molar-refractivity contribution < 1.29 is 29.6 Å². The molecule has 186 valence electrons. The van der Waals surface area contributed by atoms with Crippen LogP contribution in [0, 0.1) is 17.8 Å². The van der Waals surface area contributed by atoms with Crippen molar-refractivity contribution in [3.63, 3.8) is 0 Å². The van der Waals surface area contributed by atoms with Crippen LogP contribution in [0.4, 0.5) is 0 Å². The lowest BCUT2D eigenvalue weighted by Gasteiger charge is -2.44. The Kier molecular flexibility index (Phi) is 10.1. The average Bonchev–Trinajstić information content (AvgIpc) is 3.60. The number of hydrogen-bond donors (Lipinski definition) is 5. The van der Waals surface area contributed by atoms with Gasteiger partial charge in [0.25, 0.3) is 0 Å². The molecule has 0 spiro atoms. The van der Waals surface area contributed by atoms with Crippen LogP contribution in [0.2, 0.25) is 0 Å². The Morgan fingerprint density at radius 2 is 1.91 bits per heavy atom. The Balaban J connectivity index is 1.50. The van der Waals surface area contributed by atoms with Gasteiger partial charge in [0, 0.05) is 13.2 Å². The summed E-state index contributed by atoms with van der Waals surface area (Å²) in [5, 5.41) is 37.4. The summed E-state index contributed by atoms with van der Waals surface area (Å²) in [6, 6.07) is -0.762. The molecule has 3 unspecified atom stereocenters. The summed E-state index contributed by atoms with van der Waals surface area (Å²) in [7, 11) is 0. The zero-order chi connectivity index (χ0) is 23.3. The van der Waals surface area contributed by atoms with Gasteiger partial charge >= 0.3 is 0 Å². The second-order valence-electron chi connectivity index (χ2n) is 10.0. The molecule has 9 heteroatoms. The molecule has 8 atom stereocenters. The number of carbonyl (C=O) groups excluding carboxylic acids is 1. The van der Waals surface area contributed by atoms with Gasteiger partial charge in [-0.05, 0) is 69.1 Å². The van der Waals surface area contributed by atoms with Crippen LogP contribution in [0.15, 0.2) is 0 Å². The molecule has 2 aliphatic heterocycles. The van der Waals surface area contributed by atoms with Crippen molar-refractivity contribution in [2.45, 2.75) is 94.3 Å². The maximum Gasteiger partial charge on any atom is 0.237 e. The summed E-state index contributed by atoms with van der Waals surface area (Å²) in [5.74, 6) is 1.16. The molecular weight excluding hydrogens is 432 g/mol. The van der Waals surface area contributed by atoms with E-state index in [0.29, 0.717) is 5.92 Å². The minimum Gasteiger partial charge on any atom is -0.388 e. The summed E-state index contributed by atoms with van der Waals surface area (Å²) >= 11 is 1.28. The van der Waals surface area contributed by atoms with E-state index in [9.17, 15) is 20.1 Å². The standard InChI is InChI=1S/C23H42N2O6S/c1-13(2)17(21-19(27)18(26)20(28)23(31-21)32-3)25-22(29)16-11-14(8-9-24-16)5-4-10-30-12-15-6-7-15/h13-21,23-24,26-28H,4-12H2,1-3H3,(H,25,29)/t14?,16?,17?,18-,19+,20+,21+,23+/m1/s1. The molecular formula is C23H42N2O6S. The van der Waals surface area contributed by atoms with Gasteiger partial charge in [-0.25, -0.2) is 0 Å². The third-order valence-corrected chi connectivity index (χ3v) is 7.85. The smallest absolute Gasteiger partial charge is 0.237 e. The van der Waals surface area contributed by atoms with Crippen LogP contribution >= 0.6 is 11.8 Å². The van der Waals surface area contributed by atoms with Crippen LogP contribution < -0.4 is 10.6 Å². The number of carbonyl (C=O) groups is 1. The van der Waals surface area contributed by atoms with E-state index >= 15 is 0 Å². The second-order valence-corrected chi connectivity index (χ2v) is 10.9. The van der Waals surface area contributed by atoms with E-state index in [-0.39, 0.29) is 17.9 Å². The lowest BCUT2D eigenvalue weighted by atomic mass is 9.86. The predicted octanol–water partition coefficient (Wildman–Crippen LogP) is 0.873. The molecule has 3 fully saturated rings. The number of thioether (sulfide) groups is 1. The number of nitrogens with one attached hydrogen (secondary N) is 2. The molecule has 3 rings (SSSR count). The van der Waals surface area contributed by atoms with Crippen LogP contribution in [0.5, 0.6) is 0 Å². The molecule has 8 nitrogen and oxygen atoms in total. The first-order valence-electron chi connectivity index (χ1n) is 12.2. The Morgan fingerprint density at radius 1 is 1.16 bits per heavy atom. The second kappa shape index (κ2) is 12.3. The minimum absolute atomic E-state index is 0.0217. The molecule has 0 radical (unpaired) electrons. The molecule has 32 heavy (non-hydrogen) atoms. The highest BCUT2D eigenvalue weighted by molar-refractivity contribution is 7.99. The number of piperidine rings is 1. The molecule has 0 bridgehead atoms. The van der Waals surface area contributed by atoms with Crippen molar-refractivity contribution in [3.05, 3.63) is 0 Å². The van der Waals surface area contributed by atoms with Gasteiger partial charge in [0.1, 0.15) is 29.9 Å². The zero-order valence-electron chi connectivity index (χ0n) is 19.6. The summed E-state index contributed by atoms with van der Waals surface area (Å²) in [6.07, 6.45) is 3.77. The Hall–Kier alpha value is -0.420. The summed E-state index contributed by atoms with van der Waals surface area (Å²) in [5.41, 5.74) is -0.657. The molecule has 5 N–H and O–H groups in total. The lowest BCUT2D eigenvalue weighted by Crippen LogP contribution is -2.65. The largest absolute Gasteiger partial charge is 0.388 e. The molecule has 2 saturated heterocycles. The van der Waals surface area contributed by atoms with E-state index in [1.54, 1.807) is 6.26 Å². The van der Waals surface area contributed by atoms with Crippen molar-refractivity contribution >= 4 is 17.7 Å². The van der Waals surface area contributed by atoms with Crippen LogP contribution in [0.25, 0.3) is 0 Å². The van der Waals surface area contributed by atoms with E-state index in [1.807, 2.05) is 13.8 Å². The van der Waals surface area contributed by atoms with Crippen LogP contribution in [-0.2, 0) is 14.3 Å². The SMILES string of the molecule is CS[C@@H]1O[C@@H](C(NC(=O)C2CC(CCCOCC3CC3)CCN2)C(C)C)[C@@H](O)[C@@H](O)[C@@H]1O. The van der Waals surface area contributed by atoms with Crippen LogP contribution in [-0.4, -0.2) is 89.2 Å². The summed E-state index contributed by atoms with van der Waals surface area (Å²) in [4.78, 5) is 13.1. The maximum atomic E-state index is 13.1. The molecule has 1 aliphatic carbocycles. The molecule has 1 saturated carbocycles. The van der Waals surface area contributed by atoms with Gasteiger partial charge in [0.2, 0.25) is 5.91 Å². The fraction of sp³-hybridized carbons (Fsp3) is 0.957. The number of rotatable bonds is 11. The van der Waals surface area contributed by atoms with Crippen molar-refractivity contribution in [1.82, 2.24) is 10.6 Å². The number of aliphatic hydroxyl groups is 3. The van der Waals surface area contributed by atoms with Gasteiger partial charge in [-0.3, -0.25) is 4.79 Å². The fourth-order valence-corrected chi connectivity index (χ4v) is 5.40. The van der Waals surface area contributed by atoms with E-state index in [0.717, 1.165) is 51.4 Å². The molecule has 0 aromatic carbocycles. The Morgan fingerprint density at radius 3 is 2.56 bits per heavy atom. The van der Waals surface area contributed by atoms with E-state index in [2.05, 4.69) is 10.6 Å². The van der Waals surface area contributed by atoms with E-state index in [4.69, 9.17) is 9.47 Å². The minimum atomic E-state index is -1.32. The number of hydrogen-bond acceptors (Lipinski definition) is 8. The highest BCUT2D eigenvalue weighted by Gasteiger charge is 2.47. The van der Waals surface area contributed by atoms with E-state index < -0.39 is 35.9 Å². The summed E-state index contributed by atoms with van der Waals surface area (Å²) < 4.78 is 11.7. The zero-order valence-corrected chi connectivity index (χ0v) is 20.4. The van der Waals surface area contributed by atoms with Crippen molar-refractivity contribution in [2.75, 3.05) is 26.0 Å². The predicted molar refractivity (Wildman–Crippen MR) is 124 cm³/mol. The van der Waals surface area contributed by atoms with Gasteiger partial charge in [0.05, 0.1) is 12.1 Å². The molecule has 0 aromatic rings. The molecule has 3 aliphatic rings. The van der Waals surface area contributed by atoms with Crippen LogP contribution in [0.3, 0.4) is 0 Å². The number of aliphatic hydroxyl groups excluding tert-OH is 3. The van der Waals surface area contributed by atoms with Gasteiger partial charge < -0.3 is 35.4 Å². The first kappa shape index (κ1) is 26.2. The molecule has 2 heterocycles.